The fraction of sp³-hybridized carbons (Fsp3) is 0.381. The Balaban J connectivity index is 2.11. The zero-order chi connectivity index (χ0) is 20.7. The number of amides is 1. The molecule has 0 unspecified atom stereocenters. The first-order valence-electron chi connectivity index (χ1n) is 9.28. The number of hydrogen-bond acceptors (Lipinski definition) is 4. The largest absolute Gasteiger partial charge is 0.379 e. The standard InChI is InChI=1S/C21H28N2O4S/c1-16(2)27-14-8-13-22-21(24)18-10-7-11-19(15-18)28(25,26)23(4)20-12-6-5-9-17(20)3/h5-7,9-12,15-16H,8,13-14H2,1-4H3,(H,22,24). The number of carbonyl (C=O) groups is 1. The summed E-state index contributed by atoms with van der Waals surface area (Å²) in [5.41, 5.74) is 1.76. The van der Waals surface area contributed by atoms with Crippen molar-refractivity contribution in [2.24, 2.45) is 0 Å². The van der Waals surface area contributed by atoms with Gasteiger partial charge in [-0.1, -0.05) is 24.3 Å². The summed E-state index contributed by atoms with van der Waals surface area (Å²) in [6, 6.07) is 13.3. The van der Waals surface area contributed by atoms with Crippen molar-refractivity contribution >= 4 is 21.6 Å². The molecule has 7 heteroatoms. The van der Waals surface area contributed by atoms with E-state index < -0.39 is 10.0 Å². The molecule has 6 nitrogen and oxygen atoms in total. The summed E-state index contributed by atoms with van der Waals surface area (Å²) in [5, 5.41) is 2.79. The van der Waals surface area contributed by atoms with Gasteiger partial charge in [-0.3, -0.25) is 9.10 Å². The van der Waals surface area contributed by atoms with Crippen LogP contribution in [-0.4, -0.2) is 40.6 Å². The van der Waals surface area contributed by atoms with Gasteiger partial charge in [0.2, 0.25) is 0 Å². The third-order valence-electron chi connectivity index (χ3n) is 4.27. The lowest BCUT2D eigenvalue weighted by molar-refractivity contribution is 0.0757. The second-order valence-corrected chi connectivity index (χ2v) is 8.79. The van der Waals surface area contributed by atoms with Crippen molar-refractivity contribution in [1.29, 1.82) is 0 Å². The normalized spacial score (nSPS) is 11.5. The molecule has 28 heavy (non-hydrogen) atoms. The van der Waals surface area contributed by atoms with Crippen molar-refractivity contribution in [3.63, 3.8) is 0 Å². The van der Waals surface area contributed by atoms with Crippen molar-refractivity contribution in [2.75, 3.05) is 24.5 Å². The average Bonchev–Trinajstić information content (AvgIpc) is 2.67. The van der Waals surface area contributed by atoms with E-state index >= 15 is 0 Å². The molecule has 0 radical (unpaired) electrons. The summed E-state index contributed by atoms with van der Waals surface area (Å²) in [5.74, 6) is -0.305. The minimum atomic E-state index is -3.78. The first kappa shape index (κ1) is 21.9. The van der Waals surface area contributed by atoms with Crippen LogP contribution < -0.4 is 9.62 Å². The monoisotopic (exact) mass is 404 g/mol. The SMILES string of the molecule is Cc1ccccc1N(C)S(=O)(=O)c1cccc(C(=O)NCCCOC(C)C)c1. The van der Waals surface area contributed by atoms with Gasteiger partial charge in [-0.25, -0.2) is 8.42 Å². The van der Waals surface area contributed by atoms with Crippen LogP contribution >= 0.6 is 0 Å². The second kappa shape index (κ2) is 9.71. The van der Waals surface area contributed by atoms with Crippen molar-refractivity contribution in [3.8, 4) is 0 Å². The van der Waals surface area contributed by atoms with E-state index in [0.717, 1.165) is 5.56 Å². The fourth-order valence-electron chi connectivity index (χ4n) is 2.70. The molecule has 0 bridgehead atoms. The van der Waals surface area contributed by atoms with Crippen LogP contribution in [0, 0.1) is 6.92 Å². The number of para-hydroxylation sites is 1. The zero-order valence-electron chi connectivity index (χ0n) is 16.8. The molecule has 0 saturated carbocycles. The Kier molecular flexibility index (Phi) is 7.60. The number of ether oxygens (including phenoxy) is 1. The van der Waals surface area contributed by atoms with Crippen molar-refractivity contribution < 1.29 is 17.9 Å². The van der Waals surface area contributed by atoms with E-state index in [9.17, 15) is 13.2 Å². The van der Waals surface area contributed by atoms with Gasteiger partial charge >= 0.3 is 0 Å². The Bertz CT molecular complexity index is 910. The molecule has 2 aromatic carbocycles. The van der Waals surface area contributed by atoms with E-state index in [-0.39, 0.29) is 16.9 Å². The Morgan fingerprint density at radius 3 is 2.54 bits per heavy atom. The molecule has 0 heterocycles. The van der Waals surface area contributed by atoms with Crippen LogP contribution in [0.25, 0.3) is 0 Å². The molecule has 0 saturated heterocycles. The van der Waals surface area contributed by atoms with Crippen LogP contribution in [0.1, 0.15) is 36.2 Å². The van der Waals surface area contributed by atoms with Gasteiger partial charge in [-0.2, -0.15) is 0 Å². The molecule has 0 aliphatic carbocycles. The topological polar surface area (TPSA) is 75.7 Å². The van der Waals surface area contributed by atoms with Gasteiger partial charge < -0.3 is 10.1 Å². The number of carbonyl (C=O) groups excluding carboxylic acids is 1. The maximum absolute atomic E-state index is 13.0. The first-order valence-corrected chi connectivity index (χ1v) is 10.7. The molecule has 152 valence electrons. The smallest absolute Gasteiger partial charge is 0.264 e. The zero-order valence-corrected chi connectivity index (χ0v) is 17.6. The van der Waals surface area contributed by atoms with Crippen molar-refractivity contribution in [1.82, 2.24) is 5.32 Å². The molecular weight excluding hydrogens is 376 g/mol. The van der Waals surface area contributed by atoms with Gasteiger partial charge in [-0.05, 0) is 57.0 Å². The number of anilines is 1. The molecule has 0 fully saturated rings. The molecule has 0 aromatic heterocycles. The molecule has 0 spiro atoms. The molecule has 2 rings (SSSR count). The predicted octanol–water partition coefficient (Wildman–Crippen LogP) is 3.37. The van der Waals surface area contributed by atoms with Crippen LogP contribution in [0.3, 0.4) is 0 Å². The second-order valence-electron chi connectivity index (χ2n) is 6.82. The number of aryl methyl sites for hydroxylation is 1. The van der Waals surface area contributed by atoms with Gasteiger partial charge in [0.1, 0.15) is 0 Å². The van der Waals surface area contributed by atoms with Gasteiger partial charge in [0.15, 0.2) is 0 Å². The van der Waals surface area contributed by atoms with E-state index in [1.54, 1.807) is 24.3 Å². The highest BCUT2D eigenvalue weighted by molar-refractivity contribution is 7.92. The molecule has 0 aliphatic rings. The Labute approximate surface area is 167 Å². The average molecular weight is 405 g/mol. The number of nitrogens with one attached hydrogen (secondary N) is 1. The van der Waals surface area contributed by atoms with Gasteiger partial charge in [0.25, 0.3) is 15.9 Å². The maximum atomic E-state index is 13.0. The number of hydrogen-bond donors (Lipinski definition) is 1. The summed E-state index contributed by atoms with van der Waals surface area (Å²) in [6.07, 6.45) is 0.848. The third-order valence-corrected chi connectivity index (χ3v) is 6.03. The quantitative estimate of drug-likeness (QED) is 0.650. The Morgan fingerprint density at radius 2 is 1.86 bits per heavy atom. The van der Waals surface area contributed by atoms with Crippen LogP contribution in [0.2, 0.25) is 0 Å². The highest BCUT2D eigenvalue weighted by atomic mass is 32.2. The fourth-order valence-corrected chi connectivity index (χ4v) is 4.00. The van der Waals surface area contributed by atoms with E-state index in [1.807, 2.05) is 32.9 Å². The Morgan fingerprint density at radius 1 is 1.14 bits per heavy atom. The maximum Gasteiger partial charge on any atom is 0.264 e. The van der Waals surface area contributed by atoms with Gasteiger partial charge in [0, 0.05) is 25.8 Å². The number of benzene rings is 2. The first-order chi connectivity index (χ1) is 13.2. The number of rotatable bonds is 9. The van der Waals surface area contributed by atoms with Crippen molar-refractivity contribution in [2.45, 2.75) is 38.2 Å². The van der Waals surface area contributed by atoms with Crippen LogP contribution in [0.15, 0.2) is 53.4 Å². The van der Waals surface area contributed by atoms with Gasteiger partial charge in [0.05, 0.1) is 16.7 Å². The number of sulfonamides is 1. The highest BCUT2D eigenvalue weighted by Gasteiger charge is 2.23. The lowest BCUT2D eigenvalue weighted by Crippen LogP contribution is -2.28. The summed E-state index contributed by atoms with van der Waals surface area (Å²) in [7, 11) is -2.26. The highest BCUT2D eigenvalue weighted by Crippen LogP contribution is 2.25. The van der Waals surface area contributed by atoms with Crippen LogP contribution in [-0.2, 0) is 14.8 Å². The molecule has 2 aromatic rings. The molecule has 0 atom stereocenters. The van der Waals surface area contributed by atoms with Crippen LogP contribution in [0.5, 0.6) is 0 Å². The molecule has 1 N–H and O–H groups in total. The van der Waals surface area contributed by atoms with E-state index in [0.29, 0.717) is 30.8 Å². The third kappa shape index (κ3) is 5.56. The molecule has 0 aliphatic heterocycles. The summed E-state index contributed by atoms with van der Waals surface area (Å²) >= 11 is 0. The van der Waals surface area contributed by atoms with Crippen LogP contribution in [0.4, 0.5) is 5.69 Å². The summed E-state index contributed by atoms with van der Waals surface area (Å²) in [4.78, 5) is 12.4. The van der Waals surface area contributed by atoms with Gasteiger partial charge in [-0.15, -0.1) is 0 Å². The molecular formula is C21H28N2O4S. The number of nitrogens with zero attached hydrogens (tertiary/aromatic N) is 1. The summed E-state index contributed by atoms with van der Waals surface area (Å²) in [6.45, 7) is 6.80. The lowest BCUT2D eigenvalue weighted by Gasteiger charge is -2.21. The minimum absolute atomic E-state index is 0.0778. The van der Waals surface area contributed by atoms with E-state index in [2.05, 4.69) is 5.32 Å². The van der Waals surface area contributed by atoms with E-state index in [4.69, 9.17) is 4.74 Å². The lowest BCUT2D eigenvalue weighted by atomic mass is 10.2. The van der Waals surface area contributed by atoms with E-state index in [1.165, 1.54) is 23.5 Å². The predicted molar refractivity (Wildman–Crippen MR) is 111 cm³/mol. The summed E-state index contributed by atoms with van der Waals surface area (Å²) < 4.78 is 32.7. The Hall–Kier alpha value is -2.38. The molecule has 1 amide bonds. The van der Waals surface area contributed by atoms with Crippen molar-refractivity contribution in [3.05, 3.63) is 59.7 Å². The minimum Gasteiger partial charge on any atom is -0.379 e.